The molecule has 1 fully saturated rings. The molecule has 0 radical (unpaired) electrons. The second kappa shape index (κ2) is 8.99. The van der Waals surface area contributed by atoms with Crippen molar-refractivity contribution in [2.24, 2.45) is 0 Å². The number of hydrogen-bond acceptors (Lipinski definition) is 5. The van der Waals surface area contributed by atoms with E-state index in [4.69, 9.17) is 27.9 Å². The monoisotopic (exact) mass is 481 g/mol. The third-order valence-corrected chi connectivity index (χ3v) is 7.59. The predicted molar refractivity (Wildman–Crippen MR) is 120 cm³/mol. The Hall–Kier alpha value is -1.57. The van der Waals surface area contributed by atoms with Crippen molar-refractivity contribution < 1.29 is 24.1 Å². The summed E-state index contributed by atoms with van der Waals surface area (Å²) >= 11 is 12.6. The number of aliphatic hydroxyl groups excluding tert-OH is 1. The number of ketones is 1. The van der Waals surface area contributed by atoms with E-state index in [2.05, 4.69) is 4.98 Å². The molecule has 1 aromatic heterocycles. The molecule has 1 saturated heterocycles. The van der Waals surface area contributed by atoms with Crippen molar-refractivity contribution in [3.05, 3.63) is 63.4 Å². The number of carbonyl (C=O) groups excluding carboxylic acids is 1. The number of hydrogen-bond donors (Lipinski definition) is 2. The standard InChI is InChI=1S/C24H26Cl2FNO4/c25-16-3-4-17(19(26)14-16)22(9-12-32-13-10-22)6-5-20(30)24(27)8-7-23(31,15-29)21-18(24)2-1-11-28-21/h1-4,11,14,29,31H,5-10,12-13,15H2/t23-,24+/m1/s1. The molecule has 2 aromatic rings. The molecule has 1 aliphatic heterocycles. The van der Waals surface area contributed by atoms with Gasteiger partial charge >= 0.3 is 0 Å². The first kappa shape index (κ1) is 23.6. The summed E-state index contributed by atoms with van der Waals surface area (Å²) in [5.41, 5.74) is -3.35. The Morgan fingerprint density at radius 3 is 2.56 bits per heavy atom. The number of carbonyl (C=O) groups is 1. The summed E-state index contributed by atoms with van der Waals surface area (Å²) in [7, 11) is 0. The zero-order valence-electron chi connectivity index (χ0n) is 17.6. The predicted octanol–water partition coefficient (Wildman–Crippen LogP) is 4.62. The molecule has 2 atom stereocenters. The first-order valence-corrected chi connectivity index (χ1v) is 11.5. The molecule has 2 aliphatic rings. The highest BCUT2D eigenvalue weighted by Gasteiger charge is 2.51. The number of fused-ring (bicyclic) bond motifs is 1. The third kappa shape index (κ3) is 4.08. The molecule has 0 amide bonds. The van der Waals surface area contributed by atoms with E-state index in [1.54, 1.807) is 12.1 Å². The fraction of sp³-hybridized carbons (Fsp3) is 0.500. The number of nitrogens with zero attached hydrogens (tertiary/aromatic N) is 1. The lowest BCUT2D eigenvalue weighted by molar-refractivity contribution is -0.136. The van der Waals surface area contributed by atoms with Crippen LogP contribution in [0.25, 0.3) is 0 Å². The zero-order chi connectivity index (χ0) is 23.0. The maximum Gasteiger partial charge on any atom is 0.195 e. The van der Waals surface area contributed by atoms with Crippen LogP contribution in [0.5, 0.6) is 0 Å². The van der Waals surface area contributed by atoms with Crippen molar-refractivity contribution in [1.29, 1.82) is 0 Å². The molecule has 0 saturated carbocycles. The van der Waals surface area contributed by atoms with Crippen molar-refractivity contribution in [3.8, 4) is 0 Å². The maximum atomic E-state index is 16.2. The summed E-state index contributed by atoms with van der Waals surface area (Å²) in [6, 6.07) is 8.36. The molecule has 2 N–H and O–H groups in total. The Labute approximate surface area is 196 Å². The van der Waals surface area contributed by atoms with Crippen molar-refractivity contribution in [2.75, 3.05) is 19.8 Å². The number of Topliss-reactive ketones (excluding diaryl/α,β-unsaturated/α-hetero) is 1. The Balaban J connectivity index is 1.62. The molecular formula is C24H26Cl2FNO4. The lowest BCUT2D eigenvalue weighted by atomic mass is 9.68. The smallest absolute Gasteiger partial charge is 0.195 e. The molecule has 32 heavy (non-hydrogen) atoms. The molecule has 0 bridgehead atoms. The van der Waals surface area contributed by atoms with Gasteiger partial charge in [-0.1, -0.05) is 35.3 Å². The summed E-state index contributed by atoms with van der Waals surface area (Å²) in [5.74, 6) is -0.553. The maximum absolute atomic E-state index is 16.2. The van der Waals surface area contributed by atoms with Crippen LogP contribution in [0.3, 0.4) is 0 Å². The number of halogens is 3. The molecule has 0 unspecified atom stereocenters. The van der Waals surface area contributed by atoms with Crippen LogP contribution in [0.4, 0.5) is 4.39 Å². The molecule has 5 nitrogen and oxygen atoms in total. The quantitative estimate of drug-likeness (QED) is 0.628. The normalized spacial score (nSPS) is 27.0. The zero-order valence-corrected chi connectivity index (χ0v) is 19.1. The number of aliphatic hydroxyl groups is 2. The van der Waals surface area contributed by atoms with Gasteiger partial charge in [0.25, 0.3) is 0 Å². The summed E-state index contributed by atoms with van der Waals surface area (Å²) in [4.78, 5) is 17.4. The Morgan fingerprint density at radius 1 is 1.12 bits per heavy atom. The van der Waals surface area contributed by atoms with Gasteiger partial charge in [-0.05, 0) is 55.9 Å². The molecule has 4 rings (SSSR count). The van der Waals surface area contributed by atoms with Crippen molar-refractivity contribution >= 4 is 29.0 Å². The number of rotatable bonds is 6. The third-order valence-electron chi connectivity index (χ3n) is 7.05. The van der Waals surface area contributed by atoms with Crippen LogP contribution in [0.1, 0.15) is 55.3 Å². The van der Waals surface area contributed by atoms with E-state index in [9.17, 15) is 15.0 Å². The van der Waals surface area contributed by atoms with Crippen molar-refractivity contribution in [1.82, 2.24) is 4.98 Å². The van der Waals surface area contributed by atoms with E-state index in [-0.39, 0.29) is 30.5 Å². The first-order chi connectivity index (χ1) is 15.2. The van der Waals surface area contributed by atoms with Gasteiger partial charge in [-0.2, -0.15) is 0 Å². The minimum Gasteiger partial charge on any atom is -0.393 e. The van der Waals surface area contributed by atoms with Crippen LogP contribution in [-0.2, 0) is 26.2 Å². The van der Waals surface area contributed by atoms with Gasteiger partial charge in [0.05, 0.1) is 12.3 Å². The van der Waals surface area contributed by atoms with Crippen LogP contribution < -0.4 is 0 Å². The highest BCUT2D eigenvalue weighted by atomic mass is 35.5. The van der Waals surface area contributed by atoms with Gasteiger partial charge in [0.15, 0.2) is 11.5 Å². The number of aromatic nitrogens is 1. The molecule has 0 spiro atoms. The molecular weight excluding hydrogens is 456 g/mol. The second-order valence-corrected chi connectivity index (χ2v) is 9.67. The topological polar surface area (TPSA) is 79.7 Å². The van der Waals surface area contributed by atoms with Gasteiger partial charge in [0.2, 0.25) is 0 Å². The fourth-order valence-electron chi connectivity index (χ4n) is 5.06. The lowest BCUT2D eigenvalue weighted by Gasteiger charge is -2.41. The molecule has 172 valence electrons. The molecule has 8 heteroatoms. The molecule has 1 aliphatic carbocycles. The van der Waals surface area contributed by atoms with E-state index < -0.39 is 29.1 Å². The largest absolute Gasteiger partial charge is 0.393 e. The highest BCUT2D eigenvalue weighted by molar-refractivity contribution is 6.35. The lowest BCUT2D eigenvalue weighted by Crippen LogP contribution is -2.45. The van der Waals surface area contributed by atoms with Crippen LogP contribution in [0, 0.1) is 0 Å². The van der Waals surface area contributed by atoms with Crippen LogP contribution in [-0.4, -0.2) is 40.8 Å². The van der Waals surface area contributed by atoms with Gasteiger partial charge in [-0.15, -0.1) is 0 Å². The molecule has 1 aromatic carbocycles. The van der Waals surface area contributed by atoms with Gasteiger partial charge in [0, 0.05) is 46.9 Å². The average Bonchev–Trinajstić information content (AvgIpc) is 2.81. The Kier molecular flexibility index (Phi) is 6.63. The summed E-state index contributed by atoms with van der Waals surface area (Å²) in [5, 5.41) is 21.4. The van der Waals surface area contributed by atoms with Crippen LogP contribution in [0.15, 0.2) is 36.5 Å². The summed E-state index contributed by atoms with van der Waals surface area (Å²) in [6.07, 6.45) is 2.89. The number of pyridine rings is 1. The van der Waals surface area contributed by atoms with E-state index in [1.807, 2.05) is 6.07 Å². The van der Waals surface area contributed by atoms with Gasteiger partial charge in [0.1, 0.15) is 5.60 Å². The number of alkyl halides is 1. The van der Waals surface area contributed by atoms with Crippen LogP contribution >= 0.6 is 23.2 Å². The van der Waals surface area contributed by atoms with Gasteiger partial charge < -0.3 is 14.9 Å². The highest BCUT2D eigenvalue weighted by Crippen LogP contribution is 2.48. The van der Waals surface area contributed by atoms with Crippen molar-refractivity contribution in [3.63, 3.8) is 0 Å². The first-order valence-electron chi connectivity index (χ1n) is 10.8. The number of benzene rings is 1. The Bertz CT molecular complexity index is 1010. The Morgan fingerprint density at radius 2 is 1.88 bits per heavy atom. The van der Waals surface area contributed by atoms with Gasteiger partial charge in [-0.25, -0.2) is 4.39 Å². The summed E-state index contributed by atoms with van der Waals surface area (Å²) < 4.78 is 21.7. The van der Waals surface area contributed by atoms with E-state index in [1.165, 1.54) is 18.3 Å². The summed E-state index contributed by atoms with van der Waals surface area (Å²) in [6.45, 7) is 0.480. The van der Waals surface area contributed by atoms with Gasteiger partial charge in [-0.3, -0.25) is 9.78 Å². The minimum atomic E-state index is -2.26. The van der Waals surface area contributed by atoms with E-state index >= 15 is 4.39 Å². The average molecular weight is 482 g/mol. The van der Waals surface area contributed by atoms with Crippen LogP contribution in [0.2, 0.25) is 10.0 Å². The van der Waals surface area contributed by atoms with Crippen molar-refractivity contribution in [2.45, 2.75) is 55.2 Å². The second-order valence-electron chi connectivity index (χ2n) is 8.83. The molecule has 2 heterocycles. The number of ether oxygens (including phenoxy) is 1. The van der Waals surface area contributed by atoms with E-state index in [0.29, 0.717) is 42.5 Å². The fourth-order valence-corrected chi connectivity index (χ4v) is 5.67. The minimum absolute atomic E-state index is 0.00133. The SMILES string of the molecule is O=C(CCC1(c2ccc(Cl)cc2Cl)CCOCC1)[C@]1(F)CC[C@@](O)(CO)c2ncccc21. The van der Waals surface area contributed by atoms with E-state index in [0.717, 1.165) is 5.56 Å².